The van der Waals surface area contributed by atoms with E-state index in [0.29, 0.717) is 17.9 Å². The predicted molar refractivity (Wildman–Crippen MR) is 68.9 cm³/mol. The largest absolute Gasteiger partial charge is 0.463 e. The van der Waals surface area contributed by atoms with E-state index in [4.69, 9.17) is 4.74 Å². The van der Waals surface area contributed by atoms with Gasteiger partial charge >= 0.3 is 12.0 Å². The van der Waals surface area contributed by atoms with Gasteiger partial charge in [0.2, 0.25) is 0 Å². The van der Waals surface area contributed by atoms with Crippen molar-refractivity contribution in [1.29, 1.82) is 0 Å². The number of unbranched alkanes of at least 4 members (excludes halogenated alkanes) is 1. The first kappa shape index (κ1) is 14.5. The van der Waals surface area contributed by atoms with E-state index in [2.05, 4.69) is 12.2 Å². The molecule has 18 heavy (non-hydrogen) atoms. The summed E-state index contributed by atoms with van der Waals surface area (Å²) in [4.78, 5) is 25.2. The number of hydrogen-bond acceptors (Lipinski definition) is 3. The first-order valence-electron chi connectivity index (χ1n) is 6.45. The van der Waals surface area contributed by atoms with Gasteiger partial charge in [0.05, 0.1) is 18.2 Å². The molecule has 0 radical (unpaired) electrons. The number of urea groups is 1. The first-order valence-corrected chi connectivity index (χ1v) is 6.45. The number of esters is 1. The normalized spacial score (nSPS) is 19.9. The predicted octanol–water partition coefficient (Wildman–Crippen LogP) is 2.04. The van der Waals surface area contributed by atoms with Crippen molar-refractivity contribution in [3.8, 4) is 0 Å². The summed E-state index contributed by atoms with van der Waals surface area (Å²) in [6.45, 7) is 5.98. The highest BCUT2D eigenvalue weighted by atomic mass is 16.5. The van der Waals surface area contributed by atoms with Crippen LogP contribution in [0.5, 0.6) is 0 Å². The molecule has 102 valence electrons. The Morgan fingerprint density at radius 2 is 2.11 bits per heavy atom. The van der Waals surface area contributed by atoms with E-state index in [1.807, 2.05) is 0 Å². The Balaban J connectivity index is 3.00. The van der Waals surface area contributed by atoms with Gasteiger partial charge in [0.15, 0.2) is 0 Å². The van der Waals surface area contributed by atoms with Gasteiger partial charge in [0.25, 0.3) is 0 Å². The van der Waals surface area contributed by atoms with Crippen molar-refractivity contribution in [2.45, 2.75) is 46.1 Å². The molecule has 5 heteroatoms. The molecule has 1 rings (SSSR count). The average molecular weight is 254 g/mol. The molecule has 1 heterocycles. The van der Waals surface area contributed by atoms with Crippen LogP contribution in [0, 0.1) is 0 Å². The molecule has 5 nitrogen and oxygen atoms in total. The fourth-order valence-corrected chi connectivity index (χ4v) is 2.03. The Morgan fingerprint density at radius 3 is 2.67 bits per heavy atom. The van der Waals surface area contributed by atoms with Crippen molar-refractivity contribution in [3.63, 3.8) is 0 Å². The summed E-state index contributed by atoms with van der Waals surface area (Å²) >= 11 is 0. The first-order chi connectivity index (χ1) is 8.52. The third-order valence-corrected chi connectivity index (χ3v) is 3.19. The summed E-state index contributed by atoms with van der Waals surface area (Å²) in [6, 6.07) is -0.394. The molecular weight excluding hydrogens is 232 g/mol. The quantitative estimate of drug-likeness (QED) is 0.764. The van der Waals surface area contributed by atoms with E-state index >= 15 is 0 Å². The van der Waals surface area contributed by atoms with E-state index in [1.54, 1.807) is 20.9 Å². The molecule has 0 fully saturated rings. The Hall–Kier alpha value is -1.52. The Bertz CT molecular complexity index is 363. The van der Waals surface area contributed by atoms with E-state index in [9.17, 15) is 9.59 Å². The number of rotatable bonds is 5. The van der Waals surface area contributed by atoms with Gasteiger partial charge in [-0.05, 0) is 20.3 Å². The van der Waals surface area contributed by atoms with E-state index in [0.717, 1.165) is 19.3 Å². The lowest BCUT2D eigenvalue weighted by atomic mass is 9.97. The lowest BCUT2D eigenvalue weighted by Crippen LogP contribution is -2.50. The van der Waals surface area contributed by atoms with E-state index < -0.39 is 0 Å². The summed E-state index contributed by atoms with van der Waals surface area (Å²) in [5.74, 6) is -0.331. The van der Waals surface area contributed by atoms with Crippen molar-refractivity contribution >= 4 is 12.0 Å². The monoisotopic (exact) mass is 254 g/mol. The summed E-state index contributed by atoms with van der Waals surface area (Å²) in [5, 5.41) is 2.85. The molecule has 1 atom stereocenters. The van der Waals surface area contributed by atoms with E-state index in [1.165, 1.54) is 4.90 Å². The number of ether oxygens (including phenoxy) is 1. The standard InChI is InChI=1S/C13H22N2O3/c1-5-7-8-10-11(12(16)18-6-2)9(3)15(4)13(17)14-10/h10H,5-8H2,1-4H3,(H,14,17). The van der Waals surface area contributed by atoms with E-state index in [-0.39, 0.29) is 18.0 Å². The molecule has 0 aromatic carbocycles. The van der Waals surface area contributed by atoms with Gasteiger partial charge in [-0.25, -0.2) is 9.59 Å². The van der Waals surface area contributed by atoms with Crippen LogP contribution in [0.1, 0.15) is 40.0 Å². The summed E-state index contributed by atoms with van der Waals surface area (Å²) in [6.07, 6.45) is 2.75. The molecule has 0 aromatic rings. The molecule has 0 aromatic heterocycles. The Labute approximate surface area is 108 Å². The van der Waals surface area contributed by atoms with Gasteiger partial charge in [-0.2, -0.15) is 0 Å². The van der Waals surface area contributed by atoms with Crippen molar-refractivity contribution < 1.29 is 14.3 Å². The fourth-order valence-electron chi connectivity index (χ4n) is 2.03. The lowest BCUT2D eigenvalue weighted by Gasteiger charge is -2.33. The van der Waals surface area contributed by atoms with Crippen LogP contribution >= 0.6 is 0 Å². The molecule has 0 saturated carbocycles. The maximum Gasteiger partial charge on any atom is 0.337 e. The molecule has 1 unspecified atom stereocenters. The van der Waals surface area contributed by atoms with Crippen LogP contribution in [-0.4, -0.2) is 36.6 Å². The number of amides is 2. The van der Waals surface area contributed by atoms with Gasteiger partial charge in [-0.1, -0.05) is 19.8 Å². The van der Waals surface area contributed by atoms with Crippen LogP contribution in [-0.2, 0) is 9.53 Å². The summed E-state index contributed by atoms with van der Waals surface area (Å²) < 4.78 is 5.07. The highest BCUT2D eigenvalue weighted by Gasteiger charge is 2.33. The lowest BCUT2D eigenvalue weighted by molar-refractivity contribution is -0.139. The number of carbonyl (C=O) groups is 2. The maximum atomic E-state index is 12.0. The molecule has 0 aliphatic carbocycles. The Kier molecular flexibility index (Phi) is 5.19. The zero-order valence-electron chi connectivity index (χ0n) is 11.6. The SMILES string of the molecule is CCCCC1NC(=O)N(C)C(C)=C1C(=O)OCC. The molecule has 2 amide bonds. The fraction of sp³-hybridized carbons (Fsp3) is 0.692. The second-order valence-electron chi connectivity index (χ2n) is 4.42. The van der Waals surface area contributed by atoms with Gasteiger partial charge in [-0.15, -0.1) is 0 Å². The smallest absolute Gasteiger partial charge is 0.337 e. The van der Waals surface area contributed by atoms with Gasteiger partial charge < -0.3 is 15.0 Å². The molecule has 1 aliphatic heterocycles. The van der Waals surface area contributed by atoms with Gasteiger partial charge in [0.1, 0.15) is 0 Å². The highest BCUT2D eigenvalue weighted by Crippen LogP contribution is 2.22. The summed E-state index contributed by atoms with van der Waals surface area (Å²) in [5.41, 5.74) is 1.26. The minimum absolute atomic E-state index is 0.165. The zero-order valence-corrected chi connectivity index (χ0v) is 11.6. The highest BCUT2D eigenvalue weighted by molar-refractivity contribution is 5.94. The van der Waals surface area contributed by atoms with Crippen LogP contribution in [0.15, 0.2) is 11.3 Å². The maximum absolute atomic E-state index is 12.0. The van der Waals surface area contributed by atoms with Crippen LogP contribution in [0.3, 0.4) is 0 Å². The summed E-state index contributed by atoms with van der Waals surface area (Å²) in [7, 11) is 1.65. The minimum Gasteiger partial charge on any atom is -0.463 e. The molecule has 1 aliphatic rings. The number of nitrogens with zero attached hydrogens (tertiary/aromatic N) is 1. The van der Waals surface area contributed by atoms with Crippen LogP contribution in [0.25, 0.3) is 0 Å². The number of hydrogen-bond donors (Lipinski definition) is 1. The molecular formula is C13H22N2O3. The molecule has 1 N–H and O–H groups in total. The molecule has 0 spiro atoms. The number of nitrogens with one attached hydrogen (secondary N) is 1. The van der Waals surface area contributed by atoms with Crippen molar-refractivity contribution in [2.75, 3.05) is 13.7 Å². The number of carbonyl (C=O) groups excluding carboxylic acids is 2. The average Bonchev–Trinajstić information content (AvgIpc) is 2.33. The zero-order chi connectivity index (χ0) is 13.7. The van der Waals surface area contributed by atoms with Crippen molar-refractivity contribution in [3.05, 3.63) is 11.3 Å². The van der Waals surface area contributed by atoms with Gasteiger partial charge in [-0.3, -0.25) is 0 Å². The second-order valence-corrected chi connectivity index (χ2v) is 4.42. The van der Waals surface area contributed by atoms with Crippen LogP contribution < -0.4 is 5.32 Å². The Morgan fingerprint density at radius 1 is 1.44 bits per heavy atom. The van der Waals surface area contributed by atoms with Crippen LogP contribution in [0.2, 0.25) is 0 Å². The van der Waals surface area contributed by atoms with Gasteiger partial charge in [0, 0.05) is 12.7 Å². The third kappa shape index (κ3) is 3.03. The van der Waals surface area contributed by atoms with Crippen molar-refractivity contribution in [1.82, 2.24) is 10.2 Å². The minimum atomic E-state index is -0.331. The number of allylic oxidation sites excluding steroid dienone is 1. The van der Waals surface area contributed by atoms with Crippen LogP contribution in [0.4, 0.5) is 4.79 Å². The topological polar surface area (TPSA) is 58.6 Å². The molecule has 0 bridgehead atoms. The third-order valence-electron chi connectivity index (χ3n) is 3.19. The molecule has 0 saturated heterocycles. The van der Waals surface area contributed by atoms with Crippen molar-refractivity contribution in [2.24, 2.45) is 0 Å². The second kappa shape index (κ2) is 6.42.